The van der Waals surface area contributed by atoms with Crippen molar-refractivity contribution in [1.29, 1.82) is 0 Å². The van der Waals surface area contributed by atoms with Gasteiger partial charge in [-0.05, 0) is 29.8 Å². The Labute approximate surface area is 115 Å². The van der Waals surface area contributed by atoms with Gasteiger partial charge in [0, 0.05) is 32.0 Å². The molecule has 2 rings (SSSR count). The molecular formula is C17H20N2. The largest absolute Gasteiger partial charge is 0.382 e. The smallest absolute Gasteiger partial charge is 0.0362 e. The van der Waals surface area contributed by atoms with E-state index in [-0.39, 0.29) is 0 Å². The van der Waals surface area contributed by atoms with Crippen molar-refractivity contribution in [1.82, 2.24) is 0 Å². The van der Waals surface area contributed by atoms with E-state index in [1.165, 1.54) is 11.3 Å². The molecule has 0 fully saturated rings. The SMILES string of the molecule is CN(C)c1ccc(NC/C=C/c2ccccc2)cc1. The summed E-state index contributed by atoms with van der Waals surface area (Å²) in [7, 11) is 4.09. The van der Waals surface area contributed by atoms with Gasteiger partial charge in [-0.25, -0.2) is 0 Å². The van der Waals surface area contributed by atoms with Gasteiger partial charge in [0.1, 0.15) is 0 Å². The molecule has 0 unspecified atom stereocenters. The lowest BCUT2D eigenvalue weighted by Gasteiger charge is -2.12. The Morgan fingerprint density at radius 2 is 1.63 bits per heavy atom. The van der Waals surface area contributed by atoms with Crippen molar-refractivity contribution in [2.75, 3.05) is 30.9 Å². The molecule has 0 amide bonds. The fourth-order valence-corrected chi connectivity index (χ4v) is 1.81. The van der Waals surface area contributed by atoms with Crippen LogP contribution in [0, 0.1) is 0 Å². The molecule has 2 aromatic rings. The molecule has 0 aliphatic heterocycles. The molecule has 0 saturated carbocycles. The second kappa shape index (κ2) is 6.64. The maximum absolute atomic E-state index is 3.38. The van der Waals surface area contributed by atoms with E-state index >= 15 is 0 Å². The highest BCUT2D eigenvalue weighted by Gasteiger charge is 1.94. The molecular weight excluding hydrogens is 232 g/mol. The predicted molar refractivity (Wildman–Crippen MR) is 84.7 cm³/mol. The van der Waals surface area contributed by atoms with Crippen LogP contribution in [0.15, 0.2) is 60.7 Å². The van der Waals surface area contributed by atoms with Gasteiger partial charge in [0.15, 0.2) is 0 Å². The molecule has 0 spiro atoms. The van der Waals surface area contributed by atoms with E-state index < -0.39 is 0 Å². The molecule has 0 radical (unpaired) electrons. The van der Waals surface area contributed by atoms with Crippen LogP contribution in [-0.4, -0.2) is 20.6 Å². The quantitative estimate of drug-likeness (QED) is 0.868. The topological polar surface area (TPSA) is 15.3 Å². The molecule has 98 valence electrons. The standard InChI is InChI=1S/C17H20N2/c1-19(2)17-12-10-16(11-13-17)18-14-6-9-15-7-4-3-5-8-15/h3-13,18H,14H2,1-2H3/b9-6+. The number of hydrogen-bond acceptors (Lipinski definition) is 2. The maximum atomic E-state index is 3.38. The van der Waals surface area contributed by atoms with Crippen molar-refractivity contribution in [3.8, 4) is 0 Å². The first-order valence-electron chi connectivity index (χ1n) is 6.48. The molecule has 0 aliphatic carbocycles. The second-order valence-corrected chi connectivity index (χ2v) is 4.64. The van der Waals surface area contributed by atoms with Crippen LogP contribution in [-0.2, 0) is 0 Å². The van der Waals surface area contributed by atoms with Gasteiger partial charge in [0.25, 0.3) is 0 Å². The molecule has 2 nitrogen and oxygen atoms in total. The molecule has 0 bridgehead atoms. The van der Waals surface area contributed by atoms with Crippen LogP contribution in [0.4, 0.5) is 11.4 Å². The van der Waals surface area contributed by atoms with Gasteiger partial charge < -0.3 is 10.2 Å². The lowest BCUT2D eigenvalue weighted by atomic mass is 10.2. The first-order valence-corrected chi connectivity index (χ1v) is 6.48. The van der Waals surface area contributed by atoms with E-state index in [1.807, 2.05) is 32.3 Å². The number of rotatable bonds is 5. The average Bonchev–Trinajstić information content (AvgIpc) is 2.45. The van der Waals surface area contributed by atoms with Gasteiger partial charge in [0.05, 0.1) is 0 Å². The Hall–Kier alpha value is -2.22. The molecule has 1 N–H and O–H groups in total. The fourth-order valence-electron chi connectivity index (χ4n) is 1.81. The Kier molecular flexibility index (Phi) is 4.62. The van der Waals surface area contributed by atoms with E-state index in [0.29, 0.717) is 0 Å². The molecule has 0 aromatic heterocycles. The van der Waals surface area contributed by atoms with Gasteiger partial charge in [-0.2, -0.15) is 0 Å². The minimum atomic E-state index is 0.830. The van der Waals surface area contributed by atoms with Crippen LogP contribution in [0.3, 0.4) is 0 Å². The van der Waals surface area contributed by atoms with Crippen molar-refractivity contribution in [2.24, 2.45) is 0 Å². The molecule has 19 heavy (non-hydrogen) atoms. The van der Waals surface area contributed by atoms with Crippen LogP contribution in [0.1, 0.15) is 5.56 Å². The number of nitrogens with zero attached hydrogens (tertiary/aromatic N) is 1. The third-order valence-electron chi connectivity index (χ3n) is 2.92. The average molecular weight is 252 g/mol. The molecule has 0 aliphatic rings. The Morgan fingerprint density at radius 1 is 0.947 bits per heavy atom. The van der Waals surface area contributed by atoms with Crippen molar-refractivity contribution in [3.05, 3.63) is 66.2 Å². The summed E-state index contributed by atoms with van der Waals surface area (Å²) in [6.45, 7) is 0.830. The van der Waals surface area contributed by atoms with Crippen molar-refractivity contribution < 1.29 is 0 Å². The molecule has 0 saturated heterocycles. The zero-order valence-corrected chi connectivity index (χ0v) is 11.5. The first-order chi connectivity index (χ1) is 9.25. The monoisotopic (exact) mass is 252 g/mol. The fraction of sp³-hybridized carbons (Fsp3) is 0.176. The van der Waals surface area contributed by atoms with E-state index in [1.54, 1.807) is 0 Å². The van der Waals surface area contributed by atoms with E-state index in [2.05, 4.69) is 58.8 Å². The van der Waals surface area contributed by atoms with Crippen molar-refractivity contribution in [2.45, 2.75) is 0 Å². The summed E-state index contributed by atoms with van der Waals surface area (Å²) in [5, 5.41) is 3.38. The summed E-state index contributed by atoms with van der Waals surface area (Å²) in [4.78, 5) is 2.10. The summed E-state index contributed by atoms with van der Waals surface area (Å²) < 4.78 is 0. The highest BCUT2D eigenvalue weighted by molar-refractivity contribution is 5.55. The predicted octanol–water partition coefficient (Wildman–Crippen LogP) is 3.88. The number of nitrogens with one attached hydrogen (secondary N) is 1. The Bertz CT molecular complexity index is 513. The van der Waals surface area contributed by atoms with Gasteiger partial charge in [-0.1, -0.05) is 42.5 Å². The van der Waals surface area contributed by atoms with Crippen molar-refractivity contribution in [3.63, 3.8) is 0 Å². The molecule has 0 heterocycles. The van der Waals surface area contributed by atoms with Crippen LogP contribution < -0.4 is 10.2 Å². The molecule has 2 heteroatoms. The second-order valence-electron chi connectivity index (χ2n) is 4.64. The van der Waals surface area contributed by atoms with Crippen LogP contribution in [0.2, 0.25) is 0 Å². The number of anilines is 2. The third kappa shape index (κ3) is 4.18. The summed E-state index contributed by atoms with van der Waals surface area (Å²) >= 11 is 0. The maximum Gasteiger partial charge on any atom is 0.0362 e. The highest BCUT2D eigenvalue weighted by atomic mass is 15.1. The minimum absolute atomic E-state index is 0.830. The minimum Gasteiger partial charge on any atom is -0.382 e. The summed E-state index contributed by atoms with van der Waals surface area (Å²) in [5.41, 5.74) is 3.58. The van der Waals surface area contributed by atoms with Gasteiger partial charge >= 0.3 is 0 Å². The van der Waals surface area contributed by atoms with E-state index in [4.69, 9.17) is 0 Å². The van der Waals surface area contributed by atoms with Crippen LogP contribution in [0.5, 0.6) is 0 Å². The number of benzene rings is 2. The molecule has 0 atom stereocenters. The summed E-state index contributed by atoms with van der Waals surface area (Å²) in [6.07, 6.45) is 4.26. The van der Waals surface area contributed by atoms with Crippen LogP contribution >= 0.6 is 0 Å². The van der Waals surface area contributed by atoms with Gasteiger partial charge in [0.2, 0.25) is 0 Å². The third-order valence-corrected chi connectivity index (χ3v) is 2.92. The number of hydrogen-bond donors (Lipinski definition) is 1. The zero-order chi connectivity index (χ0) is 13.5. The van der Waals surface area contributed by atoms with Crippen molar-refractivity contribution >= 4 is 17.5 Å². The Morgan fingerprint density at radius 3 is 2.26 bits per heavy atom. The van der Waals surface area contributed by atoms with E-state index in [9.17, 15) is 0 Å². The lowest BCUT2D eigenvalue weighted by Crippen LogP contribution is -2.08. The summed E-state index contributed by atoms with van der Waals surface area (Å²) in [6, 6.07) is 18.8. The van der Waals surface area contributed by atoms with Gasteiger partial charge in [-0.15, -0.1) is 0 Å². The summed E-state index contributed by atoms with van der Waals surface area (Å²) in [5.74, 6) is 0. The van der Waals surface area contributed by atoms with Gasteiger partial charge in [-0.3, -0.25) is 0 Å². The zero-order valence-electron chi connectivity index (χ0n) is 11.5. The first kappa shape index (κ1) is 13.2. The van der Waals surface area contributed by atoms with E-state index in [0.717, 1.165) is 12.2 Å². The Balaban J connectivity index is 1.84. The molecule has 2 aromatic carbocycles. The normalized spacial score (nSPS) is 10.6. The van der Waals surface area contributed by atoms with Crippen LogP contribution in [0.25, 0.3) is 6.08 Å². The lowest BCUT2D eigenvalue weighted by molar-refractivity contribution is 1.13. The highest BCUT2D eigenvalue weighted by Crippen LogP contribution is 2.15.